The third-order valence-corrected chi connectivity index (χ3v) is 2.46. The fourth-order valence-electron chi connectivity index (χ4n) is 1.16. The lowest BCUT2D eigenvalue weighted by molar-refractivity contribution is 0.248. The van der Waals surface area contributed by atoms with Gasteiger partial charge in [-0.1, -0.05) is 13.8 Å². The molecule has 0 spiro atoms. The summed E-state index contributed by atoms with van der Waals surface area (Å²) in [5, 5.41) is 3.33. The Hall–Kier alpha value is -0.0800. The van der Waals surface area contributed by atoms with Crippen LogP contribution in [0.3, 0.4) is 0 Å². The molecule has 0 bridgehead atoms. The predicted octanol–water partition coefficient (Wildman–Crippen LogP) is 1.72. The Labute approximate surface area is 77.3 Å². The average Bonchev–Trinajstić information content (AvgIpc) is 2.10. The van der Waals surface area contributed by atoms with Gasteiger partial charge >= 0.3 is 0 Å². The van der Waals surface area contributed by atoms with Crippen molar-refractivity contribution in [2.24, 2.45) is 0 Å². The summed E-state index contributed by atoms with van der Waals surface area (Å²) in [5.74, 6) is 0. The van der Waals surface area contributed by atoms with Gasteiger partial charge < -0.3 is 10.2 Å². The Bertz CT molecular complexity index is 93.8. The Morgan fingerprint density at radius 2 is 2.00 bits per heavy atom. The predicted molar refractivity (Wildman–Crippen MR) is 55.5 cm³/mol. The van der Waals surface area contributed by atoms with Gasteiger partial charge in [0, 0.05) is 6.04 Å². The van der Waals surface area contributed by atoms with Crippen LogP contribution in [-0.4, -0.2) is 37.6 Å². The fraction of sp³-hybridized carbons (Fsp3) is 1.00. The van der Waals surface area contributed by atoms with Gasteiger partial charge in [-0.3, -0.25) is 0 Å². The lowest BCUT2D eigenvalue weighted by Crippen LogP contribution is -2.31. The van der Waals surface area contributed by atoms with Gasteiger partial charge in [-0.25, -0.2) is 0 Å². The van der Waals surface area contributed by atoms with Crippen molar-refractivity contribution in [3.63, 3.8) is 0 Å². The molecule has 0 aromatic heterocycles. The second-order valence-electron chi connectivity index (χ2n) is 3.44. The van der Waals surface area contributed by atoms with Crippen molar-refractivity contribution in [3.05, 3.63) is 0 Å². The van der Waals surface area contributed by atoms with E-state index in [4.69, 9.17) is 0 Å². The first-order valence-corrected chi connectivity index (χ1v) is 5.13. The molecule has 0 radical (unpaired) electrons. The Morgan fingerprint density at radius 1 is 1.33 bits per heavy atom. The summed E-state index contributed by atoms with van der Waals surface area (Å²) in [5.41, 5.74) is 0. The van der Waals surface area contributed by atoms with Gasteiger partial charge in [-0.05, 0) is 46.4 Å². The topological polar surface area (TPSA) is 15.3 Å². The minimum absolute atomic E-state index is 0.728. The van der Waals surface area contributed by atoms with Gasteiger partial charge in [-0.2, -0.15) is 0 Å². The molecule has 0 saturated heterocycles. The first-order chi connectivity index (χ1) is 5.72. The highest BCUT2D eigenvalue weighted by Crippen LogP contribution is 1.99. The van der Waals surface area contributed by atoms with Gasteiger partial charge in [0.05, 0.1) is 0 Å². The van der Waals surface area contributed by atoms with Crippen LogP contribution in [0, 0.1) is 0 Å². The lowest BCUT2D eigenvalue weighted by atomic mass is 10.2. The van der Waals surface area contributed by atoms with Crippen molar-refractivity contribution in [1.82, 2.24) is 10.2 Å². The number of hydrogen-bond donors (Lipinski definition) is 1. The summed E-state index contributed by atoms with van der Waals surface area (Å²) >= 11 is 0. The third-order valence-electron chi connectivity index (χ3n) is 2.46. The fourth-order valence-corrected chi connectivity index (χ4v) is 1.16. The summed E-state index contributed by atoms with van der Waals surface area (Å²) in [6.07, 6.45) is 2.51. The molecule has 0 aliphatic rings. The lowest BCUT2D eigenvalue weighted by Gasteiger charge is -2.23. The van der Waals surface area contributed by atoms with E-state index < -0.39 is 0 Å². The van der Waals surface area contributed by atoms with Crippen LogP contribution in [0.2, 0.25) is 0 Å². The molecule has 74 valence electrons. The zero-order valence-electron chi connectivity index (χ0n) is 9.06. The van der Waals surface area contributed by atoms with Crippen LogP contribution in [0.4, 0.5) is 0 Å². The van der Waals surface area contributed by atoms with E-state index >= 15 is 0 Å². The van der Waals surface area contributed by atoms with E-state index in [2.05, 4.69) is 38.0 Å². The van der Waals surface area contributed by atoms with E-state index in [9.17, 15) is 0 Å². The summed E-state index contributed by atoms with van der Waals surface area (Å²) in [7, 11) is 2.21. The van der Waals surface area contributed by atoms with Crippen molar-refractivity contribution < 1.29 is 0 Å². The Morgan fingerprint density at radius 3 is 2.50 bits per heavy atom. The van der Waals surface area contributed by atoms with E-state index in [0.717, 1.165) is 19.1 Å². The van der Waals surface area contributed by atoms with Crippen LogP contribution in [0.25, 0.3) is 0 Å². The molecule has 0 saturated carbocycles. The van der Waals surface area contributed by atoms with Crippen LogP contribution in [0.15, 0.2) is 0 Å². The summed E-state index contributed by atoms with van der Waals surface area (Å²) in [4.78, 5) is 2.43. The maximum Gasteiger partial charge on any atom is 0.00612 e. The second kappa shape index (κ2) is 7.56. The number of rotatable bonds is 7. The molecule has 0 fully saturated rings. The van der Waals surface area contributed by atoms with Gasteiger partial charge in [0.2, 0.25) is 0 Å². The van der Waals surface area contributed by atoms with E-state index in [1.165, 1.54) is 19.4 Å². The minimum atomic E-state index is 0.728. The summed E-state index contributed by atoms with van der Waals surface area (Å²) in [6, 6.07) is 0.728. The van der Waals surface area contributed by atoms with Gasteiger partial charge in [0.15, 0.2) is 0 Å². The first kappa shape index (κ1) is 11.9. The zero-order valence-corrected chi connectivity index (χ0v) is 9.06. The molecule has 0 aromatic rings. The van der Waals surface area contributed by atoms with Crippen LogP contribution in [-0.2, 0) is 0 Å². The van der Waals surface area contributed by atoms with E-state index in [-0.39, 0.29) is 0 Å². The molecule has 1 unspecified atom stereocenters. The highest BCUT2D eigenvalue weighted by molar-refractivity contribution is 4.61. The molecule has 0 rings (SSSR count). The number of nitrogens with zero attached hydrogens (tertiary/aromatic N) is 1. The average molecular weight is 172 g/mol. The van der Waals surface area contributed by atoms with Crippen molar-refractivity contribution in [3.8, 4) is 0 Å². The minimum Gasteiger partial charge on any atom is -0.317 e. The maximum atomic E-state index is 3.33. The van der Waals surface area contributed by atoms with Crippen molar-refractivity contribution in [1.29, 1.82) is 0 Å². The maximum absolute atomic E-state index is 3.33. The molecule has 0 heterocycles. The Balaban J connectivity index is 3.24. The summed E-state index contributed by atoms with van der Waals surface area (Å²) < 4.78 is 0. The molecule has 1 N–H and O–H groups in total. The van der Waals surface area contributed by atoms with E-state index in [1.807, 2.05) is 0 Å². The first-order valence-electron chi connectivity index (χ1n) is 5.13. The van der Waals surface area contributed by atoms with Gasteiger partial charge in [-0.15, -0.1) is 0 Å². The molecule has 0 aliphatic heterocycles. The monoisotopic (exact) mass is 172 g/mol. The van der Waals surface area contributed by atoms with E-state index in [1.54, 1.807) is 0 Å². The molecule has 0 aromatic carbocycles. The molecule has 1 atom stereocenters. The van der Waals surface area contributed by atoms with Crippen LogP contribution >= 0.6 is 0 Å². The zero-order chi connectivity index (χ0) is 9.40. The van der Waals surface area contributed by atoms with E-state index in [0.29, 0.717) is 0 Å². The van der Waals surface area contributed by atoms with Crippen molar-refractivity contribution >= 4 is 0 Å². The second-order valence-corrected chi connectivity index (χ2v) is 3.44. The highest BCUT2D eigenvalue weighted by atomic mass is 15.1. The number of hydrogen-bond acceptors (Lipinski definition) is 2. The standard InChI is InChI=1S/C10H24N2/c1-5-10(3)12(4)9-7-8-11-6-2/h10-11H,5-9H2,1-4H3. The van der Waals surface area contributed by atoms with Crippen LogP contribution < -0.4 is 5.32 Å². The molecule has 2 heteroatoms. The third kappa shape index (κ3) is 5.56. The molecule has 0 aliphatic carbocycles. The smallest absolute Gasteiger partial charge is 0.00612 e. The van der Waals surface area contributed by atoms with Gasteiger partial charge in [0.1, 0.15) is 0 Å². The van der Waals surface area contributed by atoms with Crippen molar-refractivity contribution in [2.45, 2.75) is 39.7 Å². The van der Waals surface area contributed by atoms with Crippen LogP contribution in [0.5, 0.6) is 0 Å². The van der Waals surface area contributed by atoms with Crippen LogP contribution in [0.1, 0.15) is 33.6 Å². The summed E-state index contributed by atoms with van der Waals surface area (Å²) in [6.45, 7) is 10.1. The molecule has 2 nitrogen and oxygen atoms in total. The SMILES string of the molecule is CCNCCCN(C)C(C)CC. The highest BCUT2D eigenvalue weighted by Gasteiger charge is 2.04. The quantitative estimate of drug-likeness (QED) is 0.588. The normalized spacial score (nSPS) is 13.8. The number of nitrogens with one attached hydrogen (secondary N) is 1. The molecule has 0 amide bonds. The largest absolute Gasteiger partial charge is 0.317 e. The molecular formula is C10H24N2. The molecular weight excluding hydrogens is 148 g/mol. The van der Waals surface area contributed by atoms with Gasteiger partial charge in [0.25, 0.3) is 0 Å². The Kier molecular flexibility index (Phi) is 7.51. The van der Waals surface area contributed by atoms with Crippen molar-refractivity contribution in [2.75, 3.05) is 26.7 Å². The molecule has 12 heavy (non-hydrogen) atoms.